The lowest BCUT2D eigenvalue weighted by atomic mass is 10.0. The first-order valence-corrected chi connectivity index (χ1v) is 9.83. The van der Waals surface area contributed by atoms with Crippen molar-refractivity contribution >= 4 is 21.1 Å². The molecule has 1 aliphatic rings. The molecule has 2 aromatic rings. The van der Waals surface area contributed by atoms with Crippen molar-refractivity contribution in [1.29, 1.82) is 0 Å². The minimum atomic E-state index is -3.67. The highest BCUT2D eigenvalue weighted by molar-refractivity contribution is 7.89. The molecule has 1 aromatic heterocycles. The van der Waals surface area contributed by atoms with Crippen molar-refractivity contribution in [3.8, 4) is 0 Å². The first-order chi connectivity index (χ1) is 11.7. The average molecular weight is 365 g/mol. The number of rotatable bonds is 2. The molecule has 0 amide bonds. The molecule has 1 aliphatic heterocycles. The van der Waals surface area contributed by atoms with Gasteiger partial charge in [-0.3, -0.25) is 9.59 Å². The summed E-state index contributed by atoms with van der Waals surface area (Å²) in [7, 11) is -0.684. The Morgan fingerprint density at radius 2 is 1.44 bits per heavy atom. The molecule has 0 saturated carbocycles. The minimum Gasteiger partial charge on any atom is -0.305 e. The number of aryl methyl sites for hydroxylation is 2. The molecule has 7 nitrogen and oxygen atoms in total. The standard InChI is InChI=1S/C17H23N3O4S/c1-11-6-5-7-12(2)20(11)25(23,24)13-8-9-14-15(10-13)19(4)17(22)16(21)18(14)3/h8-12H,5-7H2,1-4H3. The van der Waals surface area contributed by atoms with E-state index in [1.807, 2.05) is 13.8 Å². The zero-order chi connectivity index (χ0) is 18.5. The van der Waals surface area contributed by atoms with Gasteiger partial charge in [-0.1, -0.05) is 6.42 Å². The Morgan fingerprint density at radius 1 is 0.920 bits per heavy atom. The molecule has 0 radical (unpaired) electrons. The van der Waals surface area contributed by atoms with E-state index in [1.54, 1.807) is 10.4 Å². The van der Waals surface area contributed by atoms with E-state index < -0.39 is 21.1 Å². The van der Waals surface area contributed by atoms with Crippen LogP contribution < -0.4 is 11.1 Å². The van der Waals surface area contributed by atoms with Gasteiger partial charge in [-0.05, 0) is 44.9 Å². The first-order valence-electron chi connectivity index (χ1n) is 8.39. The van der Waals surface area contributed by atoms with Gasteiger partial charge in [-0.2, -0.15) is 4.31 Å². The minimum absolute atomic E-state index is 0.0617. The molecule has 1 saturated heterocycles. The van der Waals surface area contributed by atoms with E-state index in [1.165, 1.54) is 35.4 Å². The van der Waals surface area contributed by atoms with Crippen LogP contribution in [0, 0.1) is 0 Å². The molecule has 2 unspecified atom stereocenters. The highest BCUT2D eigenvalue weighted by Crippen LogP contribution is 2.30. The summed E-state index contributed by atoms with van der Waals surface area (Å²) in [5, 5.41) is 0. The molecule has 0 spiro atoms. The van der Waals surface area contributed by atoms with Gasteiger partial charge < -0.3 is 9.13 Å². The van der Waals surface area contributed by atoms with Crippen molar-refractivity contribution < 1.29 is 8.42 Å². The van der Waals surface area contributed by atoms with Gasteiger partial charge in [0.25, 0.3) is 0 Å². The second kappa shape index (κ2) is 6.10. The number of hydrogen-bond donors (Lipinski definition) is 0. The third kappa shape index (κ3) is 2.73. The number of fused-ring (bicyclic) bond motifs is 1. The van der Waals surface area contributed by atoms with Gasteiger partial charge in [-0.25, -0.2) is 8.42 Å². The maximum absolute atomic E-state index is 13.2. The predicted molar refractivity (Wildman–Crippen MR) is 96.2 cm³/mol. The summed E-state index contributed by atoms with van der Waals surface area (Å²) >= 11 is 0. The van der Waals surface area contributed by atoms with Gasteiger partial charge in [-0.15, -0.1) is 0 Å². The van der Waals surface area contributed by atoms with Gasteiger partial charge in [0.05, 0.1) is 15.9 Å². The number of piperidine rings is 1. The number of sulfonamides is 1. The van der Waals surface area contributed by atoms with Crippen LogP contribution in [-0.4, -0.2) is 33.9 Å². The molecule has 3 rings (SSSR count). The lowest BCUT2D eigenvalue weighted by molar-refractivity contribution is 0.204. The van der Waals surface area contributed by atoms with Gasteiger partial charge in [0.15, 0.2) is 0 Å². The van der Waals surface area contributed by atoms with Gasteiger partial charge in [0, 0.05) is 26.2 Å². The number of nitrogens with zero attached hydrogens (tertiary/aromatic N) is 3. The molecule has 1 aromatic carbocycles. The summed E-state index contributed by atoms with van der Waals surface area (Å²) in [4.78, 5) is 24.1. The lowest BCUT2D eigenvalue weighted by Gasteiger charge is -2.37. The van der Waals surface area contributed by atoms with Gasteiger partial charge in [0.2, 0.25) is 10.0 Å². The molecule has 136 valence electrons. The van der Waals surface area contributed by atoms with Crippen LogP contribution in [-0.2, 0) is 24.1 Å². The Balaban J connectivity index is 2.23. The fraction of sp³-hybridized carbons (Fsp3) is 0.529. The lowest BCUT2D eigenvalue weighted by Crippen LogP contribution is -2.47. The average Bonchev–Trinajstić information content (AvgIpc) is 2.57. The molecule has 1 fully saturated rings. The van der Waals surface area contributed by atoms with Crippen molar-refractivity contribution in [2.45, 2.75) is 50.1 Å². The largest absolute Gasteiger partial charge is 0.316 e. The van der Waals surface area contributed by atoms with E-state index in [0.717, 1.165) is 19.3 Å². The summed E-state index contributed by atoms with van der Waals surface area (Å²) in [5.41, 5.74) is -0.371. The summed E-state index contributed by atoms with van der Waals surface area (Å²) in [6, 6.07) is 4.46. The van der Waals surface area contributed by atoms with Crippen LogP contribution in [0.2, 0.25) is 0 Å². The zero-order valence-electron chi connectivity index (χ0n) is 14.9. The monoisotopic (exact) mass is 365 g/mol. The van der Waals surface area contributed by atoms with Crippen LogP contribution in [0.15, 0.2) is 32.7 Å². The maximum atomic E-state index is 13.2. The Bertz CT molecular complexity index is 1040. The van der Waals surface area contributed by atoms with Crippen LogP contribution in [0.4, 0.5) is 0 Å². The van der Waals surface area contributed by atoms with E-state index in [2.05, 4.69) is 0 Å². The summed E-state index contributed by atoms with van der Waals surface area (Å²) in [6.07, 6.45) is 2.69. The summed E-state index contributed by atoms with van der Waals surface area (Å²) in [5.74, 6) is 0. The number of hydrogen-bond acceptors (Lipinski definition) is 4. The Kier molecular flexibility index (Phi) is 4.36. The van der Waals surface area contributed by atoms with Crippen molar-refractivity contribution in [3.05, 3.63) is 38.9 Å². The molecule has 0 aliphatic carbocycles. The molecule has 0 N–H and O–H groups in total. The van der Waals surface area contributed by atoms with Crippen molar-refractivity contribution in [1.82, 2.24) is 13.4 Å². The number of benzene rings is 1. The fourth-order valence-electron chi connectivity index (χ4n) is 3.71. The van der Waals surface area contributed by atoms with Crippen LogP contribution in [0.1, 0.15) is 33.1 Å². The van der Waals surface area contributed by atoms with Crippen LogP contribution in [0.25, 0.3) is 11.0 Å². The third-order valence-corrected chi connectivity index (χ3v) is 7.27. The maximum Gasteiger partial charge on any atom is 0.316 e. The molecule has 0 bridgehead atoms. The van der Waals surface area contributed by atoms with Crippen LogP contribution >= 0.6 is 0 Å². The van der Waals surface area contributed by atoms with Crippen LogP contribution in [0.5, 0.6) is 0 Å². The van der Waals surface area contributed by atoms with Gasteiger partial charge in [0.1, 0.15) is 0 Å². The molecule has 25 heavy (non-hydrogen) atoms. The third-order valence-electron chi connectivity index (χ3n) is 5.15. The Labute approximate surface area is 146 Å². The van der Waals surface area contributed by atoms with E-state index in [9.17, 15) is 18.0 Å². The SMILES string of the molecule is CC1CCCC(C)N1S(=O)(=O)c1ccc2c(c1)n(C)c(=O)c(=O)n2C. The highest BCUT2D eigenvalue weighted by atomic mass is 32.2. The smallest absolute Gasteiger partial charge is 0.305 e. The van der Waals surface area contributed by atoms with Crippen molar-refractivity contribution in [2.75, 3.05) is 0 Å². The molecule has 2 heterocycles. The first kappa shape index (κ1) is 17.9. The van der Waals surface area contributed by atoms with E-state index in [0.29, 0.717) is 11.0 Å². The molecule has 8 heteroatoms. The molecule has 2 atom stereocenters. The summed E-state index contributed by atoms with van der Waals surface area (Å²) in [6.45, 7) is 3.85. The summed E-state index contributed by atoms with van der Waals surface area (Å²) < 4.78 is 30.4. The van der Waals surface area contributed by atoms with E-state index >= 15 is 0 Å². The van der Waals surface area contributed by atoms with Gasteiger partial charge >= 0.3 is 11.1 Å². The van der Waals surface area contributed by atoms with Crippen molar-refractivity contribution in [2.24, 2.45) is 14.1 Å². The molecular weight excluding hydrogens is 342 g/mol. The fourth-order valence-corrected chi connectivity index (χ4v) is 5.62. The quantitative estimate of drug-likeness (QED) is 0.749. The topological polar surface area (TPSA) is 81.4 Å². The van der Waals surface area contributed by atoms with Crippen molar-refractivity contribution in [3.63, 3.8) is 0 Å². The van der Waals surface area contributed by atoms with Crippen LogP contribution in [0.3, 0.4) is 0 Å². The normalized spacial score (nSPS) is 22.4. The second-order valence-electron chi connectivity index (χ2n) is 6.84. The predicted octanol–water partition coefficient (Wildman–Crippen LogP) is 1.19. The highest BCUT2D eigenvalue weighted by Gasteiger charge is 2.35. The second-order valence-corrected chi connectivity index (χ2v) is 8.69. The van der Waals surface area contributed by atoms with E-state index in [4.69, 9.17) is 0 Å². The van der Waals surface area contributed by atoms with E-state index in [-0.39, 0.29) is 17.0 Å². The zero-order valence-corrected chi connectivity index (χ0v) is 15.7. The Morgan fingerprint density at radius 3 is 2.00 bits per heavy atom. The number of aromatic nitrogens is 2. The molecular formula is C17H23N3O4S. The Hall–Kier alpha value is -1.93.